The summed E-state index contributed by atoms with van der Waals surface area (Å²) in [6.45, 7) is 3.12. The fourth-order valence-corrected chi connectivity index (χ4v) is 2.37. The van der Waals surface area contributed by atoms with Gasteiger partial charge in [0.1, 0.15) is 22.5 Å². The molecular weight excluding hydrogens is 327 g/mol. The van der Waals surface area contributed by atoms with Crippen molar-refractivity contribution < 1.29 is 27.1 Å². The van der Waals surface area contributed by atoms with Crippen molar-refractivity contribution in [3.05, 3.63) is 41.5 Å². The van der Waals surface area contributed by atoms with Gasteiger partial charge in [-0.25, -0.2) is 9.48 Å². The van der Waals surface area contributed by atoms with Crippen molar-refractivity contribution in [2.45, 2.75) is 20.0 Å². The van der Waals surface area contributed by atoms with Crippen molar-refractivity contribution in [3.63, 3.8) is 0 Å². The van der Waals surface area contributed by atoms with Gasteiger partial charge in [-0.3, -0.25) is 4.98 Å². The summed E-state index contributed by atoms with van der Waals surface area (Å²) in [4.78, 5) is 15.9. The molecule has 0 unspecified atom stereocenters. The van der Waals surface area contributed by atoms with E-state index in [1.807, 2.05) is 0 Å². The molecule has 0 spiro atoms. The zero-order valence-electron chi connectivity index (χ0n) is 12.7. The quantitative estimate of drug-likeness (QED) is 0.683. The molecule has 0 radical (unpaired) electrons. The Balaban J connectivity index is 2.26. The second-order valence-corrected chi connectivity index (χ2v) is 4.94. The van der Waals surface area contributed by atoms with E-state index in [9.17, 15) is 18.0 Å². The summed E-state index contributed by atoms with van der Waals surface area (Å²) in [6, 6.07) is 2.93. The predicted molar refractivity (Wildman–Crippen MR) is 76.8 cm³/mol. The first-order valence-electron chi connectivity index (χ1n) is 7.00. The molecule has 0 amide bonds. The number of pyridine rings is 1. The molecule has 9 heteroatoms. The summed E-state index contributed by atoms with van der Waals surface area (Å²) >= 11 is 0. The predicted octanol–water partition coefficient (Wildman–Crippen LogP) is 3.52. The van der Waals surface area contributed by atoms with Crippen LogP contribution in [-0.2, 0) is 10.9 Å². The molecule has 0 fully saturated rings. The SMILES string of the molecule is CCOC(=O)c1cnn(-c2ccnc3cc(C)oc23)c1C(F)(F)F. The monoisotopic (exact) mass is 339 g/mol. The Morgan fingerprint density at radius 3 is 2.83 bits per heavy atom. The largest absolute Gasteiger partial charge is 0.462 e. The van der Waals surface area contributed by atoms with E-state index in [1.165, 1.54) is 19.2 Å². The number of esters is 1. The van der Waals surface area contributed by atoms with E-state index in [0.29, 0.717) is 16.0 Å². The highest BCUT2D eigenvalue weighted by Gasteiger charge is 2.41. The van der Waals surface area contributed by atoms with Crippen LogP contribution in [0, 0.1) is 6.92 Å². The number of rotatable bonds is 3. The van der Waals surface area contributed by atoms with Crippen LogP contribution in [0.15, 0.2) is 28.9 Å². The minimum Gasteiger partial charge on any atom is -0.462 e. The minimum absolute atomic E-state index is 0.0379. The number of aryl methyl sites for hydroxylation is 1. The Hall–Kier alpha value is -2.84. The van der Waals surface area contributed by atoms with Crippen molar-refractivity contribution in [1.82, 2.24) is 14.8 Å². The van der Waals surface area contributed by atoms with Gasteiger partial charge < -0.3 is 9.15 Å². The van der Waals surface area contributed by atoms with E-state index in [-0.39, 0.29) is 17.9 Å². The number of aromatic nitrogens is 3. The second-order valence-electron chi connectivity index (χ2n) is 4.94. The van der Waals surface area contributed by atoms with Crippen LogP contribution in [0.5, 0.6) is 0 Å². The zero-order chi connectivity index (χ0) is 17.5. The maximum Gasteiger partial charge on any atom is 0.434 e. The number of nitrogens with zero attached hydrogens (tertiary/aromatic N) is 3. The number of carbonyl (C=O) groups is 1. The topological polar surface area (TPSA) is 70.2 Å². The Morgan fingerprint density at radius 1 is 1.42 bits per heavy atom. The maximum absolute atomic E-state index is 13.5. The molecule has 3 rings (SSSR count). The molecule has 0 aliphatic rings. The van der Waals surface area contributed by atoms with Crippen molar-refractivity contribution in [2.75, 3.05) is 6.61 Å². The van der Waals surface area contributed by atoms with Gasteiger partial charge in [-0.05, 0) is 19.9 Å². The second kappa shape index (κ2) is 5.66. The molecule has 0 aromatic carbocycles. The molecule has 3 aromatic rings. The highest BCUT2D eigenvalue weighted by Crippen LogP contribution is 2.35. The molecule has 3 heterocycles. The van der Waals surface area contributed by atoms with Crippen LogP contribution >= 0.6 is 0 Å². The zero-order valence-corrected chi connectivity index (χ0v) is 12.7. The number of alkyl halides is 3. The lowest BCUT2D eigenvalue weighted by atomic mass is 10.2. The number of fused-ring (bicyclic) bond motifs is 1. The van der Waals surface area contributed by atoms with E-state index in [4.69, 9.17) is 4.42 Å². The number of ether oxygens (including phenoxy) is 1. The first-order chi connectivity index (χ1) is 11.3. The third kappa shape index (κ3) is 2.61. The normalized spacial score (nSPS) is 11.9. The van der Waals surface area contributed by atoms with Gasteiger partial charge in [-0.1, -0.05) is 0 Å². The number of furan rings is 1. The maximum atomic E-state index is 13.5. The Labute approximate surface area is 133 Å². The molecule has 0 bridgehead atoms. The van der Waals surface area contributed by atoms with Crippen molar-refractivity contribution in [1.29, 1.82) is 0 Å². The molecule has 24 heavy (non-hydrogen) atoms. The van der Waals surface area contributed by atoms with E-state index in [1.54, 1.807) is 13.0 Å². The number of hydrogen-bond donors (Lipinski definition) is 0. The van der Waals surface area contributed by atoms with Crippen LogP contribution in [-0.4, -0.2) is 27.3 Å². The summed E-state index contributed by atoms with van der Waals surface area (Å²) in [5, 5.41) is 3.72. The van der Waals surface area contributed by atoms with Crippen molar-refractivity contribution in [2.24, 2.45) is 0 Å². The molecular formula is C15H12F3N3O3. The highest BCUT2D eigenvalue weighted by atomic mass is 19.4. The van der Waals surface area contributed by atoms with Crippen LogP contribution < -0.4 is 0 Å². The van der Waals surface area contributed by atoms with Gasteiger partial charge in [0.05, 0.1) is 12.8 Å². The lowest BCUT2D eigenvalue weighted by Gasteiger charge is -2.12. The summed E-state index contributed by atoms with van der Waals surface area (Å²) in [6.07, 6.45) is -2.63. The molecule has 0 atom stereocenters. The lowest BCUT2D eigenvalue weighted by Crippen LogP contribution is -2.18. The Kier molecular flexibility index (Phi) is 3.78. The third-order valence-corrected chi connectivity index (χ3v) is 3.28. The fraction of sp³-hybridized carbons (Fsp3) is 0.267. The first kappa shape index (κ1) is 16.0. The van der Waals surface area contributed by atoms with E-state index >= 15 is 0 Å². The van der Waals surface area contributed by atoms with Crippen LogP contribution in [0.4, 0.5) is 13.2 Å². The average molecular weight is 339 g/mol. The molecule has 126 valence electrons. The molecule has 0 saturated carbocycles. The van der Waals surface area contributed by atoms with E-state index in [2.05, 4.69) is 14.8 Å². The summed E-state index contributed by atoms with van der Waals surface area (Å²) in [5.74, 6) is -0.590. The summed E-state index contributed by atoms with van der Waals surface area (Å²) < 4.78 is 51.3. The molecule has 0 saturated heterocycles. The lowest BCUT2D eigenvalue weighted by molar-refractivity contribution is -0.143. The highest BCUT2D eigenvalue weighted by molar-refractivity contribution is 5.91. The van der Waals surface area contributed by atoms with Gasteiger partial charge in [0, 0.05) is 12.3 Å². The van der Waals surface area contributed by atoms with Gasteiger partial charge in [0.15, 0.2) is 11.3 Å². The molecule has 3 aromatic heterocycles. The first-order valence-corrected chi connectivity index (χ1v) is 7.00. The summed E-state index contributed by atoms with van der Waals surface area (Å²) in [5.41, 5.74) is -1.29. The summed E-state index contributed by atoms with van der Waals surface area (Å²) in [7, 11) is 0. The number of hydrogen-bond acceptors (Lipinski definition) is 5. The minimum atomic E-state index is -4.81. The standard InChI is InChI=1S/C15H12F3N3O3/c1-3-23-14(22)9-7-20-21(13(9)15(16,17)18)11-4-5-19-10-6-8(2)24-12(10)11/h4-7H,3H2,1-2H3. The Bertz CT molecular complexity index is 912. The number of carbonyl (C=O) groups excluding carboxylic acids is 1. The number of halogens is 3. The van der Waals surface area contributed by atoms with Gasteiger partial charge in [-0.15, -0.1) is 0 Å². The molecule has 0 aliphatic carbocycles. The van der Waals surface area contributed by atoms with Crippen LogP contribution in [0.2, 0.25) is 0 Å². The van der Waals surface area contributed by atoms with Gasteiger partial charge >= 0.3 is 12.1 Å². The van der Waals surface area contributed by atoms with Gasteiger partial charge in [0.25, 0.3) is 0 Å². The molecule has 6 nitrogen and oxygen atoms in total. The van der Waals surface area contributed by atoms with Gasteiger partial charge in [-0.2, -0.15) is 18.3 Å². The van der Waals surface area contributed by atoms with Crippen LogP contribution in [0.25, 0.3) is 16.8 Å². The van der Waals surface area contributed by atoms with Gasteiger partial charge in [0.2, 0.25) is 0 Å². The molecule has 0 N–H and O–H groups in total. The third-order valence-electron chi connectivity index (χ3n) is 3.28. The smallest absolute Gasteiger partial charge is 0.434 e. The molecule has 0 aliphatic heterocycles. The van der Waals surface area contributed by atoms with Crippen molar-refractivity contribution >= 4 is 17.1 Å². The fourth-order valence-electron chi connectivity index (χ4n) is 2.37. The van der Waals surface area contributed by atoms with Crippen LogP contribution in [0.3, 0.4) is 0 Å². The van der Waals surface area contributed by atoms with Crippen LogP contribution in [0.1, 0.15) is 28.7 Å². The van der Waals surface area contributed by atoms with Crippen molar-refractivity contribution in [3.8, 4) is 5.69 Å². The van der Waals surface area contributed by atoms with E-state index in [0.717, 1.165) is 6.20 Å². The Morgan fingerprint density at radius 2 is 2.17 bits per heavy atom. The van der Waals surface area contributed by atoms with E-state index < -0.39 is 23.4 Å². The average Bonchev–Trinajstić information content (AvgIpc) is 3.08.